The summed E-state index contributed by atoms with van der Waals surface area (Å²) in [5, 5.41) is 4.98. The Balaban J connectivity index is 1.75. The van der Waals surface area contributed by atoms with Gasteiger partial charge in [0, 0.05) is 23.0 Å². The van der Waals surface area contributed by atoms with Crippen LogP contribution in [0.2, 0.25) is 10.0 Å². The normalized spacial score (nSPS) is 11.3. The molecule has 3 rings (SSSR count). The Morgan fingerprint density at radius 3 is 2.42 bits per heavy atom. The lowest BCUT2D eigenvalue weighted by Gasteiger charge is -2.07. The molecule has 26 heavy (non-hydrogen) atoms. The Kier molecular flexibility index (Phi) is 5.24. The Morgan fingerprint density at radius 2 is 1.88 bits per heavy atom. The number of hydrogen-bond acceptors (Lipinski definition) is 5. The van der Waals surface area contributed by atoms with Crippen molar-refractivity contribution >= 4 is 61.3 Å². The Hall–Kier alpha value is -2.07. The minimum Gasteiger partial charge on any atom is -0.352 e. The standard InChI is InChI=1S/C15H12Cl2N4O3S2/c1-8-11(16)12(17)13(19-8)14(22)20-9-2-4-10(5-3-9)26(23,24)21-15-18-6-7-25-15/h2-7,19H,1H3,(H,18,21)(H,20,22). The van der Waals surface area contributed by atoms with E-state index in [1.54, 1.807) is 12.3 Å². The molecule has 0 atom stereocenters. The molecule has 136 valence electrons. The van der Waals surface area contributed by atoms with Crippen molar-refractivity contribution in [1.29, 1.82) is 0 Å². The van der Waals surface area contributed by atoms with E-state index >= 15 is 0 Å². The second-order valence-electron chi connectivity index (χ2n) is 5.17. The predicted molar refractivity (Wildman–Crippen MR) is 103 cm³/mol. The molecule has 2 aromatic heterocycles. The number of halogens is 2. The van der Waals surface area contributed by atoms with Gasteiger partial charge in [-0.15, -0.1) is 11.3 Å². The Labute approximate surface area is 163 Å². The van der Waals surface area contributed by atoms with E-state index in [4.69, 9.17) is 23.2 Å². The first-order valence-corrected chi connectivity index (χ1v) is 10.3. The van der Waals surface area contributed by atoms with E-state index in [1.807, 2.05) is 0 Å². The summed E-state index contributed by atoms with van der Waals surface area (Å²) in [6.45, 7) is 1.69. The van der Waals surface area contributed by atoms with Crippen molar-refractivity contribution in [3.8, 4) is 0 Å². The Bertz CT molecular complexity index is 1050. The van der Waals surface area contributed by atoms with Crippen LogP contribution in [0.15, 0.2) is 40.7 Å². The van der Waals surface area contributed by atoms with Crippen LogP contribution in [0.1, 0.15) is 16.2 Å². The molecule has 3 N–H and O–H groups in total. The highest BCUT2D eigenvalue weighted by atomic mass is 35.5. The van der Waals surface area contributed by atoms with Crippen molar-refractivity contribution in [3.63, 3.8) is 0 Å². The number of anilines is 2. The van der Waals surface area contributed by atoms with Gasteiger partial charge in [0.25, 0.3) is 15.9 Å². The van der Waals surface area contributed by atoms with Gasteiger partial charge < -0.3 is 10.3 Å². The van der Waals surface area contributed by atoms with Crippen molar-refractivity contribution in [1.82, 2.24) is 9.97 Å². The fourth-order valence-corrected chi connectivity index (χ4v) is 4.29. The SMILES string of the molecule is Cc1[nH]c(C(=O)Nc2ccc(S(=O)(=O)Nc3nccs3)cc2)c(Cl)c1Cl. The van der Waals surface area contributed by atoms with Gasteiger partial charge in [0.05, 0.1) is 14.9 Å². The van der Waals surface area contributed by atoms with Crippen LogP contribution in [-0.4, -0.2) is 24.3 Å². The average Bonchev–Trinajstić information content (AvgIpc) is 3.19. The lowest BCUT2D eigenvalue weighted by molar-refractivity contribution is 0.102. The van der Waals surface area contributed by atoms with Gasteiger partial charge in [-0.1, -0.05) is 23.2 Å². The van der Waals surface area contributed by atoms with Gasteiger partial charge in [0.2, 0.25) is 0 Å². The summed E-state index contributed by atoms with van der Waals surface area (Å²) >= 11 is 13.1. The molecule has 0 saturated heterocycles. The van der Waals surface area contributed by atoms with Gasteiger partial charge in [-0.25, -0.2) is 13.4 Å². The minimum atomic E-state index is -3.75. The van der Waals surface area contributed by atoms with Gasteiger partial charge in [-0.05, 0) is 31.2 Å². The van der Waals surface area contributed by atoms with Crippen LogP contribution < -0.4 is 10.0 Å². The number of H-pyrrole nitrogens is 1. The second-order valence-corrected chi connectivity index (χ2v) is 8.51. The highest BCUT2D eigenvalue weighted by molar-refractivity contribution is 7.93. The van der Waals surface area contributed by atoms with Gasteiger partial charge in [-0.3, -0.25) is 9.52 Å². The zero-order valence-electron chi connectivity index (χ0n) is 13.2. The number of thiazole rings is 1. The zero-order valence-corrected chi connectivity index (χ0v) is 16.4. The molecule has 0 radical (unpaired) electrons. The lowest BCUT2D eigenvalue weighted by Crippen LogP contribution is -2.14. The first kappa shape index (κ1) is 18.7. The summed E-state index contributed by atoms with van der Waals surface area (Å²) < 4.78 is 26.9. The van der Waals surface area contributed by atoms with Crippen LogP contribution >= 0.6 is 34.5 Å². The molecule has 11 heteroatoms. The Morgan fingerprint density at radius 1 is 1.19 bits per heavy atom. The first-order chi connectivity index (χ1) is 12.3. The van der Waals surface area contributed by atoms with E-state index in [2.05, 4.69) is 20.0 Å². The molecule has 0 bridgehead atoms. The van der Waals surface area contributed by atoms with Gasteiger partial charge in [0.1, 0.15) is 5.69 Å². The number of hydrogen-bond donors (Lipinski definition) is 3. The van der Waals surface area contributed by atoms with Gasteiger partial charge >= 0.3 is 0 Å². The lowest BCUT2D eigenvalue weighted by atomic mass is 10.3. The predicted octanol–water partition coefficient (Wildman–Crippen LogP) is 4.14. The van der Waals surface area contributed by atoms with Crippen molar-refractivity contribution < 1.29 is 13.2 Å². The number of amides is 1. The molecule has 0 unspecified atom stereocenters. The molecule has 1 amide bonds. The summed E-state index contributed by atoms with van der Waals surface area (Å²) in [5.74, 6) is -0.485. The molecular weight excluding hydrogens is 419 g/mol. The van der Waals surface area contributed by atoms with Crippen LogP contribution in [0.3, 0.4) is 0 Å². The molecule has 3 aromatic rings. The average molecular weight is 431 g/mol. The number of benzene rings is 1. The van der Waals surface area contributed by atoms with Crippen molar-refractivity contribution in [2.75, 3.05) is 10.0 Å². The summed E-state index contributed by atoms with van der Waals surface area (Å²) in [6, 6.07) is 5.69. The zero-order chi connectivity index (χ0) is 18.9. The fraction of sp³-hybridized carbons (Fsp3) is 0.0667. The van der Waals surface area contributed by atoms with E-state index in [0.29, 0.717) is 11.4 Å². The van der Waals surface area contributed by atoms with Crippen LogP contribution in [-0.2, 0) is 10.0 Å². The third-order valence-electron chi connectivity index (χ3n) is 3.36. The number of aryl methyl sites for hydroxylation is 1. The number of carbonyl (C=O) groups excluding carboxylic acids is 1. The molecule has 0 fully saturated rings. The third-order valence-corrected chi connectivity index (χ3v) is 6.48. The fourth-order valence-electron chi connectivity index (χ4n) is 2.09. The molecule has 0 aliphatic rings. The number of aromatic amines is 1. The third kappa shape index (κ3) is 3.85. The monoisotopic (exact) mass is 430 g/mol. The van der Waals surface area contributed by atoms with Crippen molar-refractivity contribution in [2.24, 2.45) is 0 Å². The number of nitrogens with zero attached hydrogens (tertiary/aromatic N) is 1. The molecule has 7 nitrogen and oxygen atoms in total. The largest absolute Gasteiger partial charge is 0.352 e. The quantitative estimate of drug-likeness (QED) is 0.565. The number of aromatic nitrogens is 2. The van der Waals surface area contributed by atoms with Crippen molar-refractivity contribution in [3.05, 3.63) is 57.3 Å². The van der Waals surface area contributed by atoms with Gasteiger partial charge in [0.15, 0.2) is 5.13 Å². The number of nitrogens with one attached hydrogen (secondary N) is 3. The molecule has 1 aromatic carbocycles. The highest BCUT2D eigenvalue weighted by Crippen LogP contribution is 2.29. The number of carbonyl (C=O) groups is 1. The molecule has 0 spiro atoms. The molecule has 0 aliphatic carbocycles. The van der Waals surface area contributed by atoms with Crippen LogP contribution in [0, 0.1) is 6.92 Å². The maximum Gasteiger partial charge on any atom is 0.273 e. The van der Waals surface area contributed by atoms with E-state index in [9.17, 15) is 13.2 Å². The van der Waals surface area contributed by atoms with Crippen LogP contribution in [0.5, 0.6) is 0 Å². The molecule has 0 saturated carbocycles. The van der Waals surface area contributed by atoms with E-state index in [1.165, 1.54) is 41.8 Å². The van der Waals surface area contributed by atoms with Crippen LogP contribution in [0.4, 0.5) is 10.8 Å². The van der Waals surface area contributed by atoms with Crippen LogP contribution in [0.25, 0.3) is 0 Å². The first-order valence-electron chi connectivity index (χ1n) is 7.15. The van der Waals surface area contributed by atoms with E-state index in [0.717, 1.165) is 0 Å². The number of rotatable bonds is 5. The topological polar surface area (TPSA) is 104 Å². The summed E-state index contributed by atoms with van der Waals surface area (Å²) in [6.07, 6.45) is 1.50. The summed E-state index contributed by atoms with van der Waals surface area (Å²) in [4.78, 5) is 19.0. The second kappa shape index (κ2) is 7.28. The maximum absolute atomic E-state index is 12.3. The molecule has 2 heterocycles. The summed E-state index contributed by atoms with van der Waals surface area (Å²) in [5.41, 5.74) is 1.12. The van der Waals surface area contributed by atoms with Crippen molar-refractivity contribution in [2.45, 2.75) is 11.8 Å². The molecular formula is C15H12Cl2N4O3S2. The molecule has 0 aliphatic heterocycles. The highest BCUT2D eigenvalue weighted by Gasteiger charge is 2.19. The minimum absolute atomic E-state index is 0.0440. The summed E-state index contributed by atoms with van der Waals surface area (Å²) in [7, 11) is -3.75. The maximum atomic E-state index is 12.3. The van der Waals surface area contributed by atoms with E-state index < -0.39 is 15.9 Å². The smallest absolute Gasteiger partial charge is 0.273 e. The number of sulfonamides is 1. The van der Waals surface area contributed by atoms with Gasteiger partial charge in [-0.2, -0.15) is 0 Å². The van der Waals surface area contributed by atoms with E-state index in [-0.39, 0.29) is 25.8 Å².